The normalized spacial score (nSPS) is 12.9. The molecular formula is C64H42B2N2. The van der Waals surface area contributed by atoms with Gasteiger partial charge in [0.2, 0.25) is 13.4 Å². The fraction of sp³-hybridized carbons (Fsp3) is 0. The van der Waals surface area contributed by atoms with Crippen molar-refractivity contribution in [3.05, 3.63) is 255 Å². The quantitative estimate of drug-likeness (QED) is 0.121. The Balaban J connectivity index is 1.23. The lowest BCUT2D eigenvalue weighted by Gasteiger charge is -2.41. The largest absolute Gasteiger partial charge is 0.311 e. The van der Waals surface area contributed by atoms with E-state index in [0.717, 1.165) is 11.4 Å². The van der Waals surface area contributed by atoms with Crippen LogP contribution in [0.2, 0.25) is 0 Å². The summed E-state index contributed by atoms with van der Waals surface area (Å²) < 4.78 is 0. The first kappa shape index (κ1) is 38.7. The lowest BCUT2D eigenvalue weighted by molar-refractivity contribution is 1.30. The predicted octanol–water partition coefficient (Wildman–Crippen LogP) is 12.5. The maximum atomic E-state index is 2.57. The van der Waals surface area contributed by atoms with Crippen molar-refractivity contribution in [1.82, 2.24) is 0 Å². The molecule has 4 heteroatoms. The van der Waals surface area contributed by atoms with Gasteiger partial charge in [0.1, 0.15) is 0 Å². The van der Waals surface area contributed by atoms with Crippen LogP contribution >= 0.6 is 0 Å². The zero-order valence-corrected chi connectivity index (χ0v) is 37.3. The average Bonchev–Trinajstić information content (AvgIpc) is 3.42. The van der Waals surface area contributed by atoms with Crippen molar-refractivity contribution in [2.45, 2.75) is 0 Å². The molecule has 0 atom stereocenters. The molecule has 2 heterocycles. The molecule has 2 aliphatic heterocycles. The molecule has 2 aliphatic rings. The highest BCUT2D eigenvalue weighted by molar-refractivity contribution is 7.00. The lowest BCUT2D eigenvalue weighted by atomic mass is 9.33. The van der Waals surface area contributed by atoms with Gasteiger partial charge in [0.15, 0.2) is 0 Å². The van der Waals surface area contributed by atoms with E-state index >= 15 is 0 Å². The molecule has 0 fully saturated rings. The minimum Gasteiger partial charge on any atom is -0.311 e. The summed E-state index contributed by atoms with van der Waals surface area (Å²) in [5, 5.41) is 7.63. The standard InChI is InChI=1S/C64H42B2N2/c1-7-23-43(24-8-1)57-49-39-41-51-59-50(40-42-52(60(49)59)63-62(57)66(46-29-13-4-14-30-46)54-36-20-21-37-55(54)67(63)47-31-15-5-16-32-47)58(44-25-9-2-10-26-44)64-61(51)65(45-27-11-3-12-28-45)53-35-19-22-38-56(53)68(64)48-33-17-6-18-34-48/h1-42H. The number of hydrogen-bond acceptors (Lipinski definition) is 2. The highest BCUT2D eigenvalue weighted by Crippen LogP contribution is 2.52. The van der Waals surface area contributed by atoms with Crippen molar-refractivity contribution >= 4 is 113 Å². The van der Waals surface area contributed by atoms with Crippen molar-refractivity contribution in [1.29, 1.82) is 0 Å². The van der Waals surface area contributed by atoms with Crippen LogP contribution in [0.1, 0.15) is 0 Å². The lowest BCUT2D eigenvalue weighted by Crippen LogP contribution is -2.58. The Morgan fingerprint density at radius 1 is 0.265 bits per heavy atom. The smallest absolute Gasteiger partial charge is 0.247 e. The van der Waals surface area contributed by atoms with Crippen LogP contribution in [0.5, 0.6) is 0 Å². The zero-order chi connectivity index (χ0) is 44.7. The van der Waals surface area contributed by atoms with Gasteiger partial charge in [-0.05, 0) is 96.5 Å². The first-order valence-electron chi connectivity index (χ1n) is 23.8. The van der Waals surface area contributed by atoms with E-state index in [9.17, 15) is 0 Å². The Morgan fingerprint density at radius 3 is 1.16 bits per heavy atom. The maximum Gasteiger partial charge on any atom is 0.247 e. The van der Waals surface area contributed by atoms with E-state index < -0.39 is 0 Å². The van der Waals surface area contributed by atoms with Gasteiger partial charge in [-0.15, -0.1) is 0 Å². The molecule has 0 unspecified atom stereocenters. The fourth-order valence-corrected chi connectivity index (χ4v) is 12.1. The Labute approximate surface area is 397 Å². The molecule has 0 saturated carbocycles. The summed E-state index contributed by atoms with van der Waals surface area (Å²) in [6, 6.07) is 94.7. The molecule has 12 aromatic rings. The molecule has 314 valence electrons. The summed E-state index contributed by atoms with van der Waals surface area (Å²) in [7, 11) is 0. The molecule has 2 nitrogen and oxygen atoms in total. The minimum absolute atomic E-state index is 0.0227. The average molecular weight is 861 g/mol. The van der Waals surface area contributed by atoms with Crippen molar-refractivity contribution in [3.8, 4) is 22.3 Å². The Bertz CT molecular complexity index is 3590. The molecule has 14 rings (SSSR count). The second-order valence-corrected chi connectivity index (χ2v) is 18.2. The van der Waals surface area contributed by atoms with Gasteiger partial charge in [0.05, 0.1) is 5.69 Å². The molecule has 0 saturated heterocycles. The van der Waals surface area contributed by atoms with Gasteiger partial charge in [-0.3, -0.25) is 0 Å². The highest BCUT2D eigenvalue weighted by Gasteiger charge is 2.42. The van der Waals surface area contributed by atoms with Gasteiger partial charge in [-0.1, -0.05) is 229 Å². The second kappa shape index (κ2) is 15.5. The molecule has 0 amide bonds. The van der Waals surface area contributed by atoms with Gasteiger partial charge in [0, 0.05) is 44.8 Å². The molecule has 0 radical (unpaired) electrons. The van der Waals surface area contributed by atoms with Crippen LogP contribution in [-0.4, -0.2) is 13.4 Å². The zero-order valence-electron chi connectivity index (χ0n) is 37.3. The second-order valence-electron chi connectivity index (χ2n) is 18.2. The van der Waals surface area contributed by atoms with Crippen LogP contribution in [0.15, 0.2) is 255 Å². The summed E-state index contributed by atoms with van der Waals surface area (Å²) in [6.45, 7) is -0.0578. The van der Waals surface area contributed by atoms with Crippen LogP contribution in [0.4, 0.5) is 34.1 Å². The topological polar surface area (TPSA) is 6.48 Å². The molecule has 0 aliphatic carbocycles. The van der Waals surface area contributed by atoms with E-state index in [-0.39, 0.29) is 13.4 Å². The summed E-state index contributed by atoms with van der Waals surface area (Å²) in [6.07, 6.45) is 0. The van der Waals surface area contributed by atoms with Gasteiger partial charge in [0.25, 0.3) is 0 Å². The molecule has 0 bridgehead atoms. The third-order valence-corrected chi connectivity index (χ3v) is 14.7. The molecule has 68 heavy (non-hydrogen) atoms. The van der Waals surface area contributed by atoms with Crippen molar-refractivity contribution < 1.29 is 0 Å². The molecule has 0 aromatic heterocycles. The first-order chi connectivity index (χ1) is 33.8. The van der Waals surface area contributed by atoms with Gasteiger partial charge in [-0.2, -0.15) is 0 Å². The molecule has 0 N–H and O–H groups in total. The van der Waals surface area contributed by atoms with Crippen LogP contribution in [0.25, 0.3) is 54.6 Å². The summed E-state index contributed by atoms with van der Waals surface area (Å²) >= 11 is 0. The molecule has 0 spiro atoms. The van der Waals surface area contributed by atoms with E-state index in [2.05, 4.69) is 265 Å². The number of fused-ring (bicyclic) bond motifs is 6. The number of nitrogens with zero attached hydrogens (tertiary/aromatic N) is 2. The third kappa shape index (κ3) is 5.68. The minimum atomic E-state index is -0.0351. The third-order valence-electron chi connectivity index (χ3n) is 14.7. The number of hydrogen-bond donors (Lipinski definition) is 0. The van der Waals surface area contributed by atoms with Crippen LogP contribution < -0.4 is 42.6 Å². The van der Waals surface area contributed by atoms with E-state index in [1.165, 1.54) is 110 Å². The number of para-hydroxylation sites is 4. The monoisotopic (exact) mass is 860 g/mol. The van der Waals surface area contributed by atoms with E-state index in [1.54, 1.807) is 0 Å². The van der Waals surface area contributed by atoms with Gasteiger partial charge >= 0.3 is 0 Å². The molecular weight excluding hydrogens is 818 g/mol. The van der Waals surface area contributed by atoms with E-state index in [0.29, 0.717) is 0 Å². The Hall–Kier alpha value is -8.59. The van der Waals surface area contributed by atoms with Crippen molar-refractivity contribution in [2.24, 2.45) is 0 Å². The summed E-state index contributed by atoms with van der Waals surface area (Å²) in [4.78, 5) is 5.12. The number of anilines is 6. The predicted molar refractivity (Wildman–Crippen MR) is 293 cm³/mol. The van der Waals surface area contributed by atoms with E-state index in [1.807, 2.05) is 0 Å². The number of benzene rings is 12. The molecule has 12 aromatic carbocycles. The maximum absolute atomic E-state index is 2.57. The first-order valence-corrected chi connectivity index (χ1v) is 23.8. The van der Waals surface area contributed by atoms with Crippen molar-refractivity contribution in [2.75, 3.05) is 9.80 Å². The highest BCUT2D eigenvalue weighted by atomic mass is 15.2. The summed E-state index contributed by atoms with van der Waals surface area (Å²) in [5.41, 5.74) is 19.9. The fourth-order valence-electron chi connectivity index (χ4n) is 12.1. The van der Waals surface area contributed by atoms with E-state index in [4.69, 9.17) is 0 Å². The van der Waals surface area contributed by atoms with Crippen LogP contribution in [-0.2, 0) is 0 Å². The van der Waals surface area contributed by atoms with Gasteiger partial charge < -0.3 is 9.80 Å². The van der Waals surface area contributed by atoms with Crippen LogP contribution in [0, 0.1) is 0 Å². The van der Waals surface area contributed by atoms with Gasteiger partial charge in [-0.25, -0.2) is 0 Å². The number of rotatable bonds is 6. The summed E-state index contributed by atoms with van der Waals surface area (Å²) in [5.74, 6) is 0. The van der Waals surface area contributed by atoms with Crippen LogP contribution in [0.3, 0.4) is 0 Å². The SMILES string of the molecule is c1ccc(B2c3ccccc3N(c3ccccc3)c3c2c(-c2ccccc2)c2ccc4c5c(c(-c6ccccc6)c6ccc3c2c46)N(c2ccccc2)c2ccccc2B5c2ccccc2)cc1. The Kier molecular flexibility index (Phi) is 8.82. The van der Waals surface area contributed by atoms with Crippen molar-refractivity contribution in [3.63, 3.8) is 0 Å². The Morgan fingerprint density at radius 2 is 0.632 bits per heavy atom.